The van der Waals surface area contributed by atoms with Crippen LogP contribution in [0, 0.1) is 11.8 Å². The number of rotatable bonds is 6. The maximum Gasteiger partial charge on any atom is 0.269 e. The van der Waals surface area contributed by atoms with E-state index in [0.717, 1.165) is 38.9 Å². The van der Waals surface area contributed by atoms with E-state index in [-0.39, 0.29) is 42.3 Å². The summed E-state index contributed by atoms with van der Waals surface area (Å²) in [6, 6.07) is 16.1. The fourth-order valence-electron chi connectivity index (χ4n) is 7.15. The molecule has 13 nitrogen and oxygen atoms in total. The Hall–Kier alpha value is -6.68. The molecule has 0 spiro atoms. The average molecular weight is 707 g/mol. The summed E-state index contributed by atoms with van der Waals surface area (Å²) in [5.74, 6) is 4.88. The highest BCUT2D eigenvalue weighted by molar-refractivity contribution is 6.05. The molecule has 53 heavy (non-hydrogen) atoms. The minimum atomic E-state index is -0.690. The zero-order chi connectivity index (χ0) is 36.6. The summed E-state index contributed by atoms with van der Waals surface area (Å²) < 4.78 is 2.10. The first-order chi connectivity index (χ1) is 25.7. The van der Waals surface area contributed by atoms with E-state index < -0.39 is 11.9 Å². The van der Waals surface area contributed by atoms with Gasteiger partial charge in [0.05, 0.1) is 30.0 Å². The van der Waals surface area contributed by atoms with Crippen LogP contribution in [-0.4, -0.2) is 78.0 Å². The molecule has 3 aliphatic heterocycles. The number of benzene rings is 2. The van der Waals surface area contributed by atoms with E-state index in [2.05, 4.69) is 32.0 Å². The van der Waals surface area contributed by atoms with Crippen molar-refractivity contribution in [1.82, 2.24) is 40.0 Å². The highest BCUT2D eigenvalue weighted by Gasteiger charge is 2.39. The van der Waals surface area contributed by atoms with Gasteiger partial charge >= 0.3 is 0 Å². The van der Waals surface area contributed by atoms with E-state index in [0.29, 0.717) is 55.8 Å². The molecule has 13 heteroatoms. The summed E-state index contributed by atoms with van der Waals surface area (Å²) in [5.41, 5.74) is 6.50. The molecule has 6 heterocycles. The molecule has 1 atom stereocenters. The highest BCUT2D eigenvalue weighted by atomic mass is 16.2. The highest BCUT2D eigenvalue weighted by Crippen LogP contribution is 2.33. The minimum Gasteiger partial charge on any atom is -0.350 e. The second-order valence-electron chi connectivity index (χ2n) is 13.2. The number of nitrogens with one attached hydrogen (secondary N) is 2. The van der Waals surface area contributed by atoms with Crippen molar-refractivity contribution in [2.75, 3.05) is 13.1 Å². The Morgan fingerprint density at radius 1 is 0.962 bits per heavy atom. The van der Waals surface area contributed by atoms with Crippen LogP contribution in [0.1, 0.15) is 63.9 Å². The summed E-state index contributed by atoms with van der Waals surface area (Å²) >= 11 is 0. The third-order valence-corrected chi connectivity index (χ3v) is 10.00. The van der Waals surface area contributed by atoms with Crippen molar-refractivity contribution < 1.29 is 24.0 Å². The Labute approximate surface area is 304 Å². The van der Waals surface area contributed by atoms with E-state index >= 15 is 0 Å². The number of fused-ring (bicyclic) bond motifs is 3. The zero-order valence-corrected chi connectivity index (χ0v) is 28.9. The molecule has 0 aliphatic carbocycles. The van der Waals surface area contributed by atoms with Crippen LogP contribution in [0.3, 0.4) is 0 Å². The largest absolute Gasteiger partial charge is 0.350 e. The van der Waals surface area contributed by atoms with Gasteiger partial charge in [-0.05, 0) is 47.7 Å². The average Bonchev–Trinajstić information content (AvgIpc) is 3.75. The van der Waals surface area contributed by atoms with Gasteiger partial charge in [-0.25, -0.2) is 4.98 Å². The smallest absolute Gasteiger partial charge is 0.269 e. The Morgan fingerprint density at radius 2 is 1.81 bits per heavy atom. The fourth-order valence-corrected chi connectivity index (χ4v) is 7.15. The fraction of sp³-hybridized carbons (Fsp3) is 0.250. The van der Waals surface area contributed by atoms with Crippen LogP contribution in [0.2, 0.25) is 0 Å². The monoisotopic (exact) mass is 706 g/mol. The molecule has 5 aromatic rings. The van der Waals surface area contributed by atoms with Gasteiger partial charge in [-0.1, -0.05) is 36.1 Å². The van der Waals surface area contributed by atoms with Crippen LogP contribution in [0.5, 0.6) is 0 Å². The quantitative estimate of drug-likeness (QED) is 0.154. The van der Waals surface area contributed by atoms with Gasteiger partial charge in [0.2, 0.25) is 17.7 Å². The number of aromatic nitrogens is 4. The molecule has 5 amide bonds. The lowest BCUT2D eigenvalue weighted by atomic mass is 10.0. The van der Waals surface area contributed by atoms with Crippen LogP contribution in [-0.2, 0) is 34.0 Å². The van der Waals surface area contributed by atoms with E-state index in [1.807, 2.05) is 53.8 Å². The SMILES string of the molecule is CC(=O)N1CCn2cnc(-c3cccc4cc(-c5ccc(C(=O)NCCC#Cc6cccc7c6CN(C6CCC(=O)NC6=O)C7=O)nc5)ncc34)c2C1. The molecule has 264 valence electrons. The van der Waals surface area contributed by atoms with Gasteiger partial charge in [0.1, 0.15) is 11.7 Å². The second-order valence-corrected chi connectivity index (χ2v) is 13.2. The summed E-state index contributed by atoms with van der Waals surface area (Å²) in [4.78, 5) is 79.1. The number of carbonyl (C=O) groups excluding carboxylic acids is 5. The lowest BCUT2D eigenvalue weighted by Crippen LogP contribution is -2.52. The maximum absolute atomic E-state index is 13.1. The Kier molecular flexibility index (Phi) is 8.71. The number of piperidine rings is 1. The van der Waals surface area contributed by atoms with Gasteiger partial charge in [-0.15, -0.1) is 0 Å². The predicted octanol–water partition coefficient (Wildman–Crippen LogP) is 3.46. The van der Waals surface area contributed by atoms with Gasteiger partial charge in [0.25, 0.3) is 11.8 Å². The van der Waals surface area contributed by atoms with Crippen molar-refractivity contribution in [1.29, 1.82) is 0 Å². The van der Waals surface area contributed by atoms with Crippen molar-refractivity contribution in [3.63, 3.8) is 0 Å². The number of amides is 5. The van der Waals surface area contributed by atoms with E-state index in [1.54, 1.807) is 31.3 Å². The van der Waals surface area contributed by atoms with Gasteiger partial charge in [-0.2, -0.15) is 0 Å². The van der Waals surface area contributed by atoms with Crippen LogP contribution >= 0.6 is 0 Å². The summed E-state index contributed by atoms with van der Waals surface area (Å²) in [5, 5.41) is 7.10. The molecular weight excluding hydrogens is 672 g/mol. The van der Waals surface area contributed by atoms with Crippen LogP contribution in [0.25, 0.3) is 33.3 Å². The molecule has 1 saturated heterocycles. The number of hydrogen-bond acceptors (Lipinski definition) is 8. The van der Waals surface area contributed by atoms with Crippen LogP contribution in [0.4, 0.5) is 0 Å². The molecule has 1 fully saturated rings. The molecular formula is C40H34N8O5. The van der Waals surface area contributed by atoms with Crippen LogP contribution in [0.15, 0.2) is 73.3 Å². The molecule has 0 bridgehead atoms. The molecule has 8 rings (SSSR count). The Morgan fingerprint density at radius 3 is 2.62 bits per heavy atom. The number of nitrogens with zero attached hydrogens (tertiary/aromatic N) is 6. The van der Waals surface area contributed by atoms with E-state index in [1.165, 1.54) is 4.90 Å². The molecule has 2 N–H and O–H groups in total. The number of imide groups is 1. The first kappa shape index (κ1) is 33.5. The molecule has 3 aromatic heterocycles. The Balaban J connectivity index is 0.895. The summed E-state index contributed by atoms with van der Waals surface area (Å²) in [7, 11) is 0. The summed E-state index contributed by atoms with van der Waals surface area (Å²) in [6.07, 6.45) is 6.15. The lowest BCUT2D eigenvalue weighted by Gasteiger charge is -2.29. The maximum atomic E-state index is 13.1. The molecule has 1 unspecified atom stereocenters. The number of carbonyl (C=O) groups is 5. The predicted molar refractivity (Wildman–Crippen MR) is 194 cm³/mol. The first-order valence-corrected chi connectivity index (χ1v) is 17.4. The number of imidazole rings is 1. The van der Waals surface area contributed by atoms with Gasteiger partial charge in [0, 0.05) is 86.0 Å². The van der Waals surface area contributed by atoms with Crippen molar-refractivity contribution in [3.05, 3.63) is 101 Å². The normalized spacial score (nSPS) is 16.5. The molecule has 3 aliphatic rings. The minimum absolute atomic E-state index is 0.0462. The standard InChI is InChI=1S/C40H34N8O5/c1-24(49)46-16-17-47-23-44-37(35(47)22-46)28-9-5-8-26-18-33(43-20-30(26)28)27-11-12-32(42-19-27)38(51)41-15-3-2-6-25-7-4-10-29-31(25)21-48(40(29)53)34-13-14-36(50)45-39(34)52/h4-5,7-12,18-20,23,34H,3,13-17,21-22H2,1H3,(H,41,51)(H,45,50,52). The Bertz CT molecular complexity index is 2410. The first-order valence-electron chi connectivity index (χ1n) is 17.4. The summed E-state index contributed by atoms with van der Waals surface area (Å²) in [6.45, 7) is 4.02. The van der Waals surface area contributed by atoms with E-state index in [4.69, 9.17) is 9.97 Å². The van der Waals surface area contributed by atoms with Gasteiger partial charge in [-0.3, -0.25) is 39.3 Å². The number of pyridine rings is 2. The van der Waals surface area contributed by atoms with E-state index in [9.17, 15) is 24.0 Å². The lowest BCUT2D eigenvalue weighted by molar-refractivity contribution is -0.137. The third-order valence-electron chi connectivity index (χ3n) is 10.00. The topological polar surface area (TPSA) is 159 Å². The molecule has 0 saturated carbocycles. The van der Waals surface area contributed by atoms with Gasteiger partial charge in [0.15, 0.2) is 0 Å². The number of hydrogen-bond donors (Lipinski definition) is 2. The molecule has 0 radical (unpaired) electrons. The van der Waals surface area contributed by atoms with Gasteiger partial charge < -0.3 is 19.7 Å². The van der Waals surface area contributed by atoms with Crippen molar-refractivity contribution in [2.24, 2.45) is 0 Å². The van der Waals surface area contributed by atoms with Crippen molar-refractivity contribution >= 4 is 40.3 Å². The second kappa shape index (κ2) is 13.8. The molecule has 2 aromatic carbocycles. The third kappa shape index (κ3) is 6.40. The van der Waals surface area contributed by atoms with Crippen molar-refractivity contribution in [2.45, 2.75) is 51.9 Å². The van der Waals surface area contributed by atoms with Crippen molar-refractivity contribution in [3.8, 4) is 34.4 Å². The van der Waals surface area contributed by atoms with Crippen LogP contribution < -0.4 is 10.6 Å². The zero-order valence-electron chi connectivity index (χ0n) is 28.9.